The van der Waals surface area contributed by atoms with Gasteiger partial charge in [0.05, 0.1) is 6.54 Å². The lowest BCUT2D eigenvalue weighted by atomic mass is 10.1. The summed E-state index contributed by atoms with van der Waals surface area (Å²) in [7, 11) is 0. The third kappa shape index (κ3) is 8.21. The molecule has 0 aromatic heterocycles. The first-order valence-electron chi connectivity index (χ1n) is 5.33. The van der Waals surface area contributed by atoms with E-state index < -0.39 is 11.8 Å². The number of hydrogen-bond donors (Lipinski definition) is 4. The maximum atomic E-state index is 11.3. The number of carbonyl (C=O) groups excluding carboxylic acids is 3. The van der Waals surface area contributed by atoms with Gasteiger partial charge >= 0.3 is 11.8 Å². The summed E-state index contributed by atoms with van der Waals surface area (Å²) in [5, 5.41) is 7.16. The molecule has 7 nitrogen and oxygen atoms in total. The fraction of sp³-hybridized carbons (Fsp3) is 0.700. The van der Waals surface area contributed by atoms with Crippen molar-refractivity contribution in [3.63, 3.8) is 0 Å². The van der Waals surface area contributed by atoms with Crippen molar-refractivity contribution in [2.45, 2.75) is 26.3 Å². The van der Waals surface area contributed by atoms with Crippen molar-refractivity contribution in [1.29, 1.82) is 0 Å². The third-order valence-corrected chi connectivity index (χ3v) is 1.56. The first-order valence-corrected chi connectivity index (χ1v) is 5.33. The van der Waals surface area contributed by atoms with Crippen molar-refractivity contribution in [3.05, 3.63) is 0 Å². The van der Waals surface area contributed by atoms with Crippen molar-refractivity contribution in [2.24, 2.45) is 5.73 Å². The van der Waals surface area contributed by atoms with E-state index in [1.165, 1.54) is 0 Å². The number of nitrogens with two attached hydrogens (primary N) is 1. The van der Waals surface area contributed by atoms with Crippen LogP contribution in [0.4, 0.5) is 0 Å². The fourth-order valence-corrected chi connectivity index (χ4v) is 0.969. The van der Waals surface area contributed by atoms with Gasteiger partial charge in [-0.25, -0.2) is 0 Å². The standard InChI is InChI=1S/C10H20N4O3/c1-10(2,3)14-7(15)6-13-9(17)8(16)12-5-4-11/h4-6,11H2,1-3H3,(H,12,16)(H,13,17)(H,14,15). The topological polar surface area (TPSA) is 113 Å². The minimum absolute atomic E-state index is 0.223. The van der Waals surface area contributed by atoms with Crippen LogP contribution in [0.15, 0.2) is 0 Å². The summed E-state index contributed by atoms with van der Waals surface area (Å²) < 4.78 is 0. The van der Waals surface area contributed by atoms with E-state index in [-0.39, 0.29) is 31.1 Å². The van der Waals surface area contributed by atoms with Crippen LogP contribution >= 0.6 is 0 Å². The lowest BCUT2D eigenvalue weighted by Crippen LogP contribution is -2.48. The second-order valence-electron chi connectivity index (χ2n) is 4.53. The Morgan fingerprint density at radius 1 is 1.06 bits per heavy atom. The lowest BCUT2D eigenvalue weighted by molar-refractivity contribution is -0.139. The highest BCUT2D eigenvalue weighted by atomic mass is 16.2. The molecule has 0 heterocycles. The Labute approximate surface area is 100 Å². The maximum absolute atomic E-state index is 11.3. The largest absolute Gasteiger partial charge is 0.350 e. The Hall–Kier alpha value is -1.63. The van der Waals surface area contributed by atoms with Crippen LogP contribution < -0.4 is 21.7 Å². The molecule has 0 atom stereocenters. The summed E-state index contributed by atoms with van der Waals surface area (Å²) in [6, 6.07) is 0. The number of amides is 3. The molecule has 0 spiro atoms. The number of carbonyl (C=O) groups is 3. The smallest absolute Gasteiger partial charge is 0.309 e. The molecule has 0 aromatic carbocycles. The quantitative estimate of drug-likeness (QED) is 0.432. The second kappa shape index (κ2) is 6.85. The van der Waals surface area contributed by atoms with Crippen molar-refractivity contribution in [3.8, 4) is 0 Å². The molecule has 0 radical (unpaired) electrons. The van der Waals surface area contributed by atoms with Gasteiger partial charge in [0, 0.05) is 18.6 Å². The van der Waals surface area contributed by atoms with Crippen LogP contribution in [0.1, 0.15) is 20.8 Å². The zero-order valence-corrected chi connectivity index (χ0v) is 10.4. The van der Waals surface area contributed by atoms with Gasteiger partial charge in [-0.2, -0.15) is 0 Å². The zero-order valence-electron chi connectivity index (χ0n) is 10.4. The molecule has 0 aliphatic heterocycles. The van der Waals surface area contributed by atoms with Gasteiger partial charge < -0.3 is 21.7 Å². The van der Waals surface area contributed by atoms with Crippen LogP contribution in [0, 0.1) is 0 Å². The predicted molar refractivity (Wildman–Crippen MR) is 63.0 cm³/mol. The Morgan fingerprint density at radius 3 is 2.06 bits per heavy atom. The molecule has 5 N–H and O–H groups in total. The molecule has 0 fully saturated rings. The highest BCUT2D eigenvalue weighted by Gasteiger charge is 2.16. The normalized spacial score (nSPS) is 10.6. The summed E-state index contributed by atoms with van der Waals surface area (Å²) in [5.41, 5.74) is 4.79. The average molecular weight is 244 g/mol. The molecule has 0 rings (SSSR count). The Bertz CT molecular complexity index is 296. The Balaban J connectivity index is 3.92. The van der Waals surface area contributed by atoms with Crippen LogP contribution in [-0.4, -0.2) is 42.9 Å². The molecule has 0 bridgehead atoms. The summed E-state index contributed by atoms with van der Waals surface area (Å²) in [4.78, 5) is 33.6. The van der Waals surface area contributed by atoms with E-state index in [0.717, 1.165) is 0 Å². The van der Waals surface area contributed by atoms with E-state index in [9.17, 15) is 14.4 Å². The van der Waals surface area contributed by atoms with E-state index in [2.05, 4.69) is 16.0 Å². The predicted octanol–water partition coefficient (Wildman–Crippen LogP) is -1.91. The SMILES string of the molecule is CC(C)(C)NC(=O)CNC(=O)C(=O)NCCN. The van der Waals surface area contributed by atoms with Crippen LogP contribution in [0.25, 0.3) is 0 Å². The van der Waals surface area contributed by atoms with Crippen molar-refractivity contribution < 1.29 is 14.4 Å². The van der Waals surface area contributed by atoms with Crippen molar-refractivity contribution in [2.75, 3.05) is 19.6 Å². The van der Waals surface area contributed by atoms with E-state index in [4.69, 9.17) is 5.73 Å². The monoisotopic (exact) mass is 244 g/mol. The molecule has 0 unspecified atom stereocenters. The van der Waals surface area contributed by atoms with Gasteiger partial charge in [-0.05, 0) is 20.8 Å². The Kier molecular flexibility index (Phi) is 6.19. The van der Waals surface area contributed by atoms with Crippen LogP contribution in [0.2, 0.25) is 0 Å². The van der Waals surface area contributed by atoms with Gasteiger partial charge in [-0.3, -0.25) is 14.4 Å². The molecular formula is C10H20N4O3. The van der Waals surface area contributed by atoms with Gasteiger partial charge in [0.2, 0.25) is 5.91 Å². The van der Waals surface area contributed by atoms with Crippen LogP contribution in [0.3, 0.4) is 0 Å². The summed E-state index contributed by atoms with van der Waals surface area (Å²) in [5.74, 6) is -1.99. The Morgan fingerprint density at radius 2 is 1.59 bits per heavy atom. The molecule has 0 aromatic rings. The van der Waals surface area contributed by atoms with E-state index >= 15 is 0 Å². The molecule has 0 aliphatic rings. The lowest BCUT2D eigenvalue weighted by Gasteiger charge is -2.20. The minimum atomic E-state index is -0.845. The number of hydrogen-bond acceptors (Lipinski definition) is 4. The number of nitrogens with one attached hydrogen (secondary N) is 3. The maximum Gasteiger partial charge on any atom is 0.309 e. The van der Waals surface area contributed by atoms with Gasteiger partial charge in [0.1, 0.15) is 0 Å². The molecule has 0 aliphatic carbocycles. The molecule has 3 amide bonds. The van der Waals surface area contributed by atoms with Crippen molar-refractivity contribution >= 4 is 17.7 Å². The van der Waals surface area contributed by atoms with Crippen LogP contribution in [0.5, 0.6) is 0 Å². The van der Waals surface area contributed by atoms with Gasteiger partial charge in [-0.15, -0.1) is 0 Å². The molecule has 98 valence electrons. The van der Waals surface area contributed by atoms with Gasteiger partial charge in [0.25, 0.3) is 0 Å². The minimum Gasteiger partial charge on any atom is -0.350 e. The van der Waals surface area contributed by atoms with Crippen LogP contribution in [-0.2, 0) is 14.4 Å². The number of rotatable bonds is 4. The summed E-state index contributed by atoms with van der Waals surface area (Å²) >= 11 is 0. The van der Waals surface area contributed by atoms with Gasteiger partial charge in [-0.1, -0.05) is 0 Å². The first-order chi connectivity index (χ1) is 7.76. The van der Waals surface area contributed by atoms with E-state index in [1.54, 1.807) is 0 Å². The molecule has 0 saturated carbocycles. The highest BCUT2D eigenvalue weighted by Crippen LogP contribution is 1.96. The first kappa shape index (κ1) is 15.4. The summed E-state index contributed by atoms with van der Waals surface area (Å²) in [6.45, 7) is 5.71. The van der Waals surface area contributed by atoms with Gasteiger partial charge in [0.15, 0.2) is 0 Å². The second-order valence-corrected chi connectivity index (χ2v) is 4.53. The average Bonchev–Trinajstić information content (AvgIpc) is 2.20. The van der Waals surface area contributed by atoms with Crippen molar-refractivity contribution in [1.82, 2.24) is 16.0 Å². The molecule has 7 heteroatoms. The summed E-state index contributed by atoms with van der Waals surface area (Å²) in [6.07, 6.45) is 0. The van der Waals surface area contributed by atoms with E-state index in [0.29, 0.717) is 0 Å². The van der Waals surface area contributed by atoms with E-state index in [1.807, 2.05) is 20.8 Å². The molecular weight excluding hydrogens is 224 g/mol. The third-order valence-electron chi connectivity index (χ3n) is 1.56. The highest BCUT2D eigenvalue weighted by molar-refractivity contribution is 6.35. The molecule has 0 saturated heterocycles. The molecule has 17 heavy (non-hydrogen) atoms. The fourth-order valence-electron chi connectivity index (χ4n) is 0.969. The zero-order chi connectivity index (χ0) is 13.5.